The van der Waals surface area contributed by atoms with E-state index in [1.165, 1.54) is 0 Å². The molecule has 1 aliphatic heterocycles. The minimum atomic E-state index is 0.0621. The molecule has 0 bridgehead atoms. The Balaban J connectivity index is 1.84. The second-order valence-corrected chi connectivity index (χ2v) is 6.14. The van der Waals surface area contributed by atoms with Crippen LogP contribution in [0.5, 0.6) is 0 Å². The number of likely N-dealkylation sites (N-methyl/N-ethyl adjacent to an activating group) is 2. The van der Waals surface area contributed by atoms with Crippen LogP contribution in [0.25, 0.3) is 11.4 Å². The van der Waals surface area contributed by atoms with E-state index in [1.807, 2.05) is 16.8 Å². The lowest BCUT2D eigenvalue weighted by Gasteiger charge is -2.37. The first-order valence-electron chi connectivity index (χ1n) is 8.01. The van der Waals surface area contributed by atoms with Gasteiger partial charge in [-0.3, -0.25) is 4.98 Å². The molecule has 0 aromatic carbocycles. The van der Waals surface area contributed by atoms with Crippen molar-refractivity contribution < 1.29 is 5.11 Å². The van der Waals surface area contributed by atoms with E-state index in [4.69, 9.17) is 4.98 Å². The van der Waals surface area contributed by atoms with E-state index < -0.39 is 0 Å². The number of piperazine rings is 1. The second-order valence-electron chi connectivity index (χ2n) is 6.14. The Labute approximate surface area is 136 Å². The maximum atomic E-state index is 9.31. The molecule has 7 nitrogen and oxygen atoms in total. The van der Waals surface area contributed by atoms with E-state index in [0.717, 1.165) is 37.4 Å². The van der Waals surface area contributed by atoms with Gasteiger partial charge in [-0.2, -0.15) is 5.10 Å². The molecule has 1 atom stereocenters. The van der Waals surface area contributed by atoms with E-state index in [2.05, 4.69) is 34.0 Å². The topological polar surface area (TPSA) is 70.3 Å². The summed E-state index contributed by atoms with van der Waals surface area (Å²) in [7, 11) is 4.31. The highest BCUT2D eigenvalue weighted by atomic mass is 16.3. The van der Waals surface area contributed by atoms with Crippen LogP contribution >= 0.6 is 0 Å². The van der Waals surface area contributed by atoms with Crippen LogP contribution in [0, 0.1) is 0 Å². The Hall–Kier alpha value is -1.83. The van der Waals surface area contributed by atoms with Crippen molar-refractivity contribution in [2.45, 2.75) is 19.0 Å². The van der Waals surface area contributed by atoms with Crippen LogP contribution in [0.2, 0.25) is 0 Å². The van der Waals surface area contributed by atoms with Crippen molar-refractivity contribution in [3.63, 3.8) is 0 Å². The molecule has 23 heavy (non-hydrogen) atoms. The highest BCUT2D eigenvalue weighted by molar-refractivity contribution is 5.53. The summed E-state index contributed by atoms with van der Waals surface area (Å²) in [5, 5.41) is 13.9. The molecule has 3 rings (SSSR count). The zero-order chi connectivity index (χ0) is 16.2. The minimum absolute atomic E-state index is 0.0621. The van der Waals surface area contributed by atoms with Crippen molar-refractivity contribution in [2.75, 3.05) is 40.3 Å². The van der Waals surface area contributed by atoms with Crippen LogP contribution in [0.1, 0.15) is 5.82 Å². The fourth-order valence-electron chi connectivity index (χ4n) is 2.96. The number of rotatable bonds is 5. The first-order chi connectivity index (χ1) is 11.2. The Bertz CT molecular complexity index is 629. The van der Waals surface area contributed by atoms with Crippen LogP contribution in [0.4, 0.5) is 0 Å². The molecule has 1 N–H and O–H groups in total. The van der Waals surface area contributed by atoms with Gasteiger partial charge in [0.25, 0.3) is 0 Å². The van der Waals surface area contributed by atoms with Crippen molar-refractivity contribution in [3.8, 4) is 11.4 Å². The molecule has 1 aliphatic rings. The van der Waals surface area contributed by atoms with Gasteiger partial charge in [0, 0.05) is 50.1 Å². The summed E-state index contributed by atoms with van der Waals surface area (Å²) in [4.78, 5) is 13.5. The Kier molecular flexibility index (Phi) is 5.00. The monoisotopic (exact) mass is 316 g/mol. The van der Waals surface area contributed by atoms with Crippen LogP contribution < -0.4 is 0 Å². The fraction of sp³-hybridized carbons (Fsp3) is 0.562. The van der Waals surface area contributed by atoms with Gasteiger partial charge >= 0.3 is 0 Å². The van der Waals surface area contributed by atoms with E-state index >= 15 is 0 Å². The largest absolute Gasteiger partial charge is 0.394 e. The van der Waals surface area contributed by atoms with Gasteiger partial charge in [0.1, 0.15) is 5.82 Å². The third kappa shape index (κ3) is 3.74. The lowest BCUT2D eigenvalue weighted by Crippen LogP contribution is -2.51. The summed E-state index contributed by atoms with van der Waals surface area (Å²) in [6.07, 6.45) is 4.32. The summed E-state index contributed by atoms with van der Waals surface area (Å²) in [5.74, 6) is 1.63. The van der Waals surface area contributed by atoms with Crippen molar-refractivity contribution in [3.05, 3.63) is 30.4 Å². The van der Waals surface area contributed by atoms with Gasteiger partial charge in [-0.05, 0) is 26.2 Å². The van der Waals surface area contributed by atoms with E-state index in [-0.39, 0.29) is 6.61 Å². The van der Waals surface area contributed by atoms with Crippen molar-refractivity contribution in [1.29, 1.82) is 0 Å². The highest BCUT2D eigenvalue weighted by Crippen LogP contribution is 2.17. The summed E-state index contributed by atoms with van der Waals surface area (Å²) in [6.45, 7) is 3.71. The van der Waals surface area contributed by atoms with Crippen LogP contribution in [0.15, 0.2) is 24.5 Å². The van der Waals surface area contributed by atoms with Gasteiger partial charge in [0.2, 0.25) is 0 Å². The summed E-state index contributed by atoms with van der Waals surface area (Å²) in [5.41, 5.74) is 0.951. The lowest BCUT2D eigenvalue weighted by molar-refractivity contribution is 0.112. The predicted molar refractivity (Wildman–Crippen MR) is 88.0 cm³/mol. The Morgan fingerprint density at radius 3 is 2.74 bits per heavy atom. The molecule has 0 saturated carbocycles. The molecule has 124 valence electrons. The SMILES string of the molecule is CN1CCN(C)[C@@H](Cc2nc(-c3ccncc3)nn2CCO)C1. The molecule has 0 radical (unpaired) electrons. The molecule has 0 unspecified atom stereocenters. The van der Waals surface area contributed by atoms with Crippen molar-refractivity contribution in [2.24, 2.45) is 0 Å². The second kappa shape index (κ2) is 7.16. The third-order valence-electron chi connectivity index (χ3n) is 4.40. The number of nitrogens with zero attached hydrogens (tertiary/aromatic N) is 6. The number of aromatic nitrogens is 4. The lowest BCUT2D eigenvalue weighted by atomic mass is 10.1. The van der Waals surface area contributed by atoms with Gasteiger partial charge in [-0.1, -0.05) is 0 Å². The van der Waals surface area contributed by atoms with Gasteiger partial charge in [-0.15, -0.1) is 0 Å². The average Bonchev–Trinajstić information content (AvgIpc) is 2.95. The van der Waals surface area contributed by atoms with E-state index in [9.17, 15) is 5.11 Å². The van der Waals surface area contributed by atoms with Crippen LogP contribution in [-0.2, 0) is 13.0 Å². The first-order valence-corrected chi connectivity index (χ1v) is 8.01. The van der Waals surface area contributed by atoms with Crippen LogP contribution in [-0.4, -0.2) is 81.0 Å². The fourth-order valence-corrected chi connectivity index (χ4v) is 2.96. The molecule has 2 aromatic heterocycles. The number of pyridine rings is 1. The maximum absolute atomic E-state index is 9.31. The van der Waals surface area contributed by atoms with Gasteiger partial charge in [-0.25, -0.2) is 9.67 Å². The molecule has 1 fully saturated rings. The molecule has 3 heterocycles. The first kappa shape index (κ1) is 16.0. The van der Waals surface area contributed by atoms with E-state index in [0.29, 0.717) is 18.4 Å². The molecule has 1 saturated heterocycles. The molecule has 0 aliphatic carbocycles. The molecule has 0 spiro atoms. The van der Waals surface area contributed by atoms with Gasteiger partial charge in [0.15, 0.2) is 5.82 Å². The Morgan fingerprint density at radius 2 is 2.00 bits per heavy atom. The predicted octanol–water partition coefficient (Wildman–Crippen LogP) is 0.121. The van der Waals surface area contributed by atoms with Gasteiger partial charge < -0.3 is 14.9 Å². The van der Waals surface area contributed by atoms with Crippen molar-refractivity contribution >= 4 is 0 Å². The van der Waals surface area contributed by atoms with Crippen LogP contribution in [0.3, 0.4) is 0 Å². The number of aliphatic hydroxyl groups is 1. The zero-order valence-corrected chi connectivity index (χ0v) is 13.8. The Morgan fingerprint density at radius 1 is 1.22 bits per heavy atom. The standard InChI is InChI=1S/C16H24N6O/c1-20-7-8-21(2)14(12-20)11-15-18-16(19-22(15)9-10-23)13-3-5-17-6-4-13/h3-6,14,23H,7-12H2,1-2H3/t14-/m0/s1. The summed E-state index contributed by atoms with van der Waals surface area (Å²) in [6, 6.07) is 4.23. The average molecular weight is 316 g/mol. The minimum Gasteiger partial charge on any atom is -0.394 e. The molecular weight excluding hydrogens is 292 g/mol. The normalized spacial score (nSPS) is 20.0. The number of hydrogen-bond donors (Lipinski definition) is 1. The molecule has 2 aromatic rings. The van der Waals surface area contributed by atoms with Gasteiger partial charge in [0.05, 0.1) is 13.2 Å². The maximum Gasteiger partial charge on any atom is 0.181 e. The number of hydrogen-bond acceptors (Lipinski definition) is 6. The summed E-state index contributed by atoms with van der Waals surface area (Å²) >= 11 is 0. The molecule has 0 amide bonds. The third-order valence-corrected chi connectivity index (χ3v) is 4.40. The highest BCUT2D eigenvalue weighted by Gasteiger charge is 2.25. The molecule has 7 heteroatoms. The smallest absolute Gasteiger partial charge is 0.181 e. The molecular formula is C16H24N6O. The summed E-state index contributed by atoms with van der Waals surface area (Å²) < 4.78 is 1.83. The van der Waals surface area contributed by atoms with E-state index in [1.54, 1.807) is 12.4 Å². The van der Waals surface area contributed by atoms with Crippen molar-refractivity contribution in [1.82, 2.24) is 29.5 Å². The number of aliphatic hydroxyl groups excluding tert-OH is 1. The quantitative estimate of drug-likeness (QED) is 0.845. The zero-order valence-electron chi connectivity index (χ0n) is 13.8.